The van der Waals surface area contributed by atoms with E-state index >= 15 is 0 Å². The van der Waals surface area contributed by atoms with Gasteiger partial charge in [-0.2, -0.15) is 0 Å². The van der Waals surface area contributed by atoms with Crippen molar-refractivity contribution in [3.05, 3.63) is 23.8 Å². The number of ketones is 1. The molecular formula is C9H9NO3. The van der Waals surface area contributed by atoms with Crippen molar-refractivity contribution in [1.29, 1.82) is 0 Å². The van der Waals surface area contributed by atoms with Crippen molar-refractivity contribution in [2.45, 2.75) is 6.04 Å². The molecule has 68 valence electrons. The van der Waals surface area contributed by atoms with Crippen LogP contribution in [0.1, 0.15) is 10.4 Å². The van der Waals surface area contributed by atoms with Crippen molar-refractivity contribution in [2.75, 3.05) is 6.61 Å². The lowest BCUT2D eigenvalue weighted by atomic mass is 10.0. The number of hydrogen-bond donors (Lipinski definition) is 2. The molecule has 4 heteroatoms. The minimum Gasteiger partial charge on any atom is -0.507 e. The Labute approximate surface area is 74.9 Å². The minimum atomic E-state index is -0.666. The van der Waals surface area contributed by atoms with Gasteiger partial charge in [0.2, 0.25) is 0 Å². The van der Waals surface area contributed by atoms with E-state index in [4.69, 9.17) is 10.5 Å². The molecule has 0 aromatic heterocycles. The number of Topliss-reactive ketones (excluding diaryl/α,β-unsaturated/α-hetero) is 1. The van der Waals surface area contributed by atoms with Crippen LogP contribution in [0.25, 0.3) is 0 Å². The first-order valence-electron chi connectivity index (χ1n) is 3.94. The molecule has 4 nitrogen and oxygen atoms in total. The molecule has 1 aromatic rings. The van der Waals surface area contributed by atoms with E-state index in [0.29, 0.717) is 5.75 Å². The Bertz CT molecular complexity index is 362. The van der Waals surface area contributed by atoms with Crippen molar-refractivity contribution in [3.8, 4) is 11.5 Å². The molecule has 1 aliphatic rings. The number of ether oxygens (including phenoxy) is 1. The molecule has 0 aliphatic carbocycles. The summed E-state index contributed by atoms with van der Waals surface area (Å²) in [4.78, 5) is 11.5. The molecule has 1 aliphatic heterocycles. The molecule has 1 unspecified atom stereocenters. The van der Waals surface area contributed by atoms with Crippen LogP contribution < -0.4 is 10.5 Å². The van der Waals surface area contributed by atoms with Crippen LogP contribution in [0, 0.1) is 0 Å². The average molecular weight is 179 g/mol. The van der Waals surface area contributed by atoms with Crippen LogP contribution in [-0.2, 0) is 0 Å². The summed E-state index contributed by atoms with van der Waals surface area (Å²) in [5.74, 6) is 0.0729. The van der Waals surface area contributed by atoms with Gasteiger partial charge in [-0.15, -0.1) is 0 Å². The van der Waals surface area contributed by atoms with Crippen LogP contribution >= 0.6 is 0 Å². The molecule has 13 heavy (non-hydrogen) atoms. The monoisotopic (exact) mass is 179 g/mol. The van der Waals surface area contributed by atoms with Crippen molar-refractivity contribution in [3.63, 3.8) is 0 Å². The first-order chi connectivity index (χ1) is 6.20. The highest BCUT2D eigenvalue weighted by Crippen LogP contribution is 2.31. The van der Waals surface area contributed by atoms with Crippen molar-refractivity contribution < 1.29 is 14.6 Å². The Morgan fingerprint density at radius 1 is 1.54 bits per heavy atom. The Morgan fingerprint density at radius 3 is 3.08 bits per heavy atom. The fourth-order valence-corrected chi connectivity index (χ4v) is 1.33. The smallest absolute Gasteiger partial charge is 0.190 e. The van der Waals surface area contributed by atoms with E-state index in [1.807, 2.05) is 0 Å². The molecule has 0 saturated heterocycles. The summed E-state index contributed by atoms with van der Waals surface area (Å²) < 4.78 is 5.18. The number of fused-ring (bicyclic) bond motifs is 1. The highest BCUT2D eigenvalue weighted by molar-refractivity contribution is 6.05. The molecule has 1 aromatic carbocycles. The third-order valence-electron chi connectivity index (χ3n) is 2.01. The summed E-state index contributed by atoms with van der Waals surface area (Å²) in [7, 11) is 0. The van der Waals surface area contributed by atoms with Crippen LogP contribution in [0.4, 0.5) is 0 Å². The number of hydrogen-bond acceptors (Lipinski definition) is 4. The van der Waals surface area contributed by atoms with Gasteiger partial charge >= 0.3 is 0 Å². The highest BCUT2D eigenvalue weighted by atomic mass is 16.5. The largest absolute Gasteiger partial charge is 0.507 e. The van der Waals surface area contributed by atoms with Crippen LogP contribution in [0.5, 0.6) is 11.5 Å². The quantitative estimate of drug-likeness (QED) is 0.600. The lowest BCUT2D eigenvalue weighted by Crippen LogP contribution is -2.40. The Kier molecular flexibility index (Phi) is 1.70. The van der Waals surface area contributed by atoms with Crippen molar-refractivity contribution in [2.24, 2.45) is 5.73 Å². The van der Waals surface area contributed by atoms with Crippen LogP contribution in [-0.4, -0.2) is 23.5 Å². The summed E-state index contributed by atoms with van der Waals surface area (Å²) in [5.41, 5.74) is 5.67. The van der Waals surface area contributed by atoms with E-state index in [1.54, 1.807) is 12.1 Å². The summed E-state index contributed by atoms with van der Waals surface area (Å²) in [6.07, 6.45) is 0. The Balaban J connectivity index is 2.57. The fraction of sp³-hybridized carbons (Fsp3) is 0.222. The SMILES string of the molecule is NC1COc2cccc(O)c2C1=O. The van der Waals surface area contributed by atoms with Gasteiger partial charge in [0.25, 0.3) is 0 Å². The summed E-state index contributed by atoms with van der Waals surface area (Å²) in [6.45, 7) is 0.176. The minimum absolute atomic E-state index is 0.0716. The van der Waals surface area contributed by atoms with Gasteiger partial charge in [0, 0.05) is 0 Å². The number of phenols is 1. The number of carbonyl (C=O) groups excluding carboxylic acids is 1. The summed E-state index contributed by atoms with van der Waals surface area (Å²) in [6, 6.07) is 4.04. The molecular weight excluding hydrogens is 170 g/mol. The summed E-state index contributed by atoms with van der Waals surface area (Å²) >= 11 is 0. The molecule has 3 N–H and O–H groups in total. The number of rotatable bonds is 0. The molecule has 0 saturated carbocycles. The second kappa shape index (κ2) is 2.74. The van der Waals surface area contributed by atoms with Crippen molar-refractivity contribution in [1.82, 2.24) is 0 Å². The zero-order valence-corrected chi connectivity index (χ0v) is 6.86. The van der Waals surface area contributed by atoms with Crippen LogP contribution in [0.15, 0.2) is 18.2 Å². The van der Waals surface area contributed by atoms with E-state index in [2.05, 4.69) is 0 Å². The number of aromatic hydroxyl groups is 1. The van der Waals surface area contributed by atoms with Gasteiger partial charge in [-0.05, 0) is 12.1 Å². The number of phenolic OH excluding ortho intramolecular Hbond substituents is 1. The topological polar surface area (TPSA) is 72.6 Å². The van der Waals surface area contributed by atoms with Crippen LogP contribution in [0.2, 0.25) is 0 Å². The normalized spacial score (nSPS) is 20.7. The van der Waals surface area contributed by atoms with Gasteiger partial charge in [0.15, 0.2) is 5.78 Å². The second-order valence-electron chi connectivity index (χ2n) is 2.93. The average Bonchev–Trinajstić information content (AvgIpc) is 2.12. The maximum atomic E-state index is 11.5. The molecule has 1 atom stereocenters. The molecule has 2 rings (SSSR count). The highest BCUT2D eigenvalue weighted by Gasteiger charge is 2.28. The predicted molar refractivity (Wildman–Crippen MR) is 45.9 cm³/mol. The lowest BCUT2D eigenvalue weighted by molar-refractivity contribution is 0.0896. The molecule has 0 spiro atoms. The lowest BCUT2D eigenvalue weighted by Gasteiger charge is -2.21. The number of benzene rings is 1. The van der Waals surface area contributed by atoms with Gasteiger partial charge in [0.1, 0.15) is 29.7 Å². The Hall–Kier alpha value is -1.55. The zero-order chi connectivity index (χ0) is 9.42. The van der Waals surface area contributed by atoms with E-state index in [1.165, 1.54) is 6.07 Å². The molecule has 0 radical (unpaired) electrons. The van der Waals surface area contributed by atoms with E-state index < -0.39 is 6.04 Å². The van der Waals surface area contributed by atoms with Gasteiger partial charge in [-0.25, -0.2) is 0 Å². The first kappa shape index (κ1) is 8.07. The Morgan fingerprint density at radius 2 is 2.31 bits per heavy atom. The van der Waals surface area contributed by atoms with Gasteiger partial charge in [0.05, 0.1) is 0 Å². The molecule has 1 heterocycles. The third kappa shape index (κ3) is 1.15. The van der Waals surface area contributed by atoms with Gasteiger partial charge in [-0.3, -0.25) is 4.79 Å². The predicted octanol–water partition coefficient (Wildman–Crippen LogP) is 0.295. The maximum Gasteiger partial charge on any atom is 0.190 e. The fourth-order valence-electron chi connectivity index (χ4n) is 1.33. The van der Waals surface area contributed by atoms with E-state index in [-0.39, 0.29) is 23.7 Å². The third-order valence-corrected chi connectivity index (χ3v) is 2.01. The maximum absolute atomic E-state index is 11.5. The molecule has 0 bridgehead atoms. The summed E-state index contributed by atoms with van der Waals surface area (Å²) in [5, 5.41) is 9.39. The number of carbonyl (C=O) groups is 1. The second-order valence-corrected chi connectivity index (χ2v) is 2.93. The van der Waals surface area contributed by atoms with E-state index in [9.17, 15) is 9.90 Å². The molecule has 0 fully saturated rings. The first-order valence-corrected chi connectivity index (χ1v) is 3.94. The standard InChI is InChI=1S/C9H9NO3/c10-5-4-13-7-3-1-2-6(11)8(7)9(5)12/h1-3,5,11H,4,10H2. The van der Waals surface area contributed by atoms with Crippen molar-refractivity contribution >= 4 is 5.78 Å². The van der Waals surface area contributed by atoms with E-state index in [0.717, 1.165) is 0 Å². The van der Waals surface area contributed by atoms with Gasteiger partial charge < -0.3 is 15.6 Å². The molecule has 0 amide bonds. The van der Waals surface area contributed by atoms with Gasteiger partial charge in [-0.1, -0.05) is 6.07 Å². The van der Waals surface area contributed by atoms with Crippen LogP contribution in [0.3, 0.4) is 0 Å². The number of nitrogens with two attached hydrogens (primary N) is 1. The zero-order valence-electron chi connectivity index (χ0n) is 6.86.